The molecule has 1 fully saturated rings. The van der Waals surface area contributed by atoms with Gasteiger partial charge in [0.1, 0.15) is 0 Å². The van der Waals surface area contributed by atoms with Crippen LogP contribution in [0, 0.1) is 0 Å². The second kappa shape index (κ2) is 6.53. The highest BCUT2D eigenvalue weighted by atomic mass is 35.5. The van der Waals surface area contributed by atoms with Crippen molar-refractivity contribution in [1.82, 2.24) is 4.90 Å². The second-order valence-corrected chi connectivity index (χ2v) is 5.40. The monoisotopic (exact) mass is 268 g/mol. The van der Waals surface area contributed by atoms with Gasteiger partial charge in [0.2, 0.25) is 0 Å². The summed E-state index contributed by atoms with van der Waals surface area (Å²) in [6.07, 6.45) is 0.873. The Labute approximate surface area is 114 Å². The molecule has 2 rings (SSSR count). The predicted molar refractivity (Wildman–Crippen MR) is 74.9 cm³/mol. The van der Waals surface area contributed by atoms with Gasteiger partial charge in [-0.2, -0.15) is 0 Å². The Balaban J connectivity index is 2.00. The van der Waals surface area contributed by atoms with Crippen LogP contribution in [0.25, 0.3) is 0 Å². The number of hydrogen-bond acceptors (Lipinski definition) is 3. The lowest BCUT2D eigenvalue weighted by Crippen LogP contribution is -2.35. The third kappa shape index (κ3) is 3.95. The fraction of sp³-hybridized carbons (Fsp3) is 0.571. The number of rotatable bonds is 4. The Morgan fingerprint density at radius 1 is 1.39 bits per heavy atom. The second-order valence-electron chi connectivity index (χ2n) is 5.00. The van der Waals surface area contributed by atoms with Gasteiger partial charge in [0.15, 0.2) is 0 Å². The van der Waals surface area contributed by atoms with E-state index in [1.54, 1.807) is 0 Å². The molecule has 100 valence electrons. The third-order valence-electron chi connectivity index (χ3n) is 3.17. The summed E-state index contributed by atoms with van der Waals surface area (Å²) in [6.45, 7) is 6.52. The van der Waals surface area contributed by atoms with E-state index in [9.17, 15) is 0 Å². The average molecular weight is 269 g/mol. The minimum absolute atomic E-state index is 0.172. The number of halogens is 1. The molecule has 0 amide bonds. The van der Waals surface area contributed by atoms with Crippen molar-refractivity contribution < 1.29 is 4.74 Å². The molecular formula is C14H21ClN2O. The number of morpholine rings is 1. The van der Waals surface area contributed by atoms with Gasteiger partial charge in [0.05, 0.1) is 13.2 Å². The van der Waals surface area contributed by atoms with E-state index >= 15 is 0 Å². The van der Waals surface area contributed by atoms with Crippen molar-refractivity contribution in [2.45, 2.75) is 25.9 Å². The average Bonchev–Trinajstić information content (AvgIpc) is 2.33. The van der Waals surface area contributed by atoms with Crippen LogP contribution < -0.4 is 5.73 Å². The molecule has 0 aliphatic carbocycles. The molecule has 0 bridgehead atoms. The first kappa shape index (κ1) is 13.8. The summed E-state index contributed by atoms with van der Waals surface area (Å²) in [5.41, 5.74) is 8.19. The van der Waals surface area contributed by atoms with E-state index in [1.165, 1.54) is 11.1 Å². The molecule has 0 aromatic heterocycles. The largest absolute Gasteiger partial charge is 0.379 e. The van der Waals surface area contributed by atoms with Crippen LogP contribution in [0.3, 0.4) is 0 Å². The van der Waals surface area contributed by atoms with Crippen LogP contribution in [0.2, 0.25) is 5.02 Å². The quantitative estimate of drug-likeness (QED) is 0.909. The number of hydrogen-bond donors (Lipinski definition) is 1. The molecule has 4 heteroatoms. The number of nitrogens with two attached hydrogens (primary N) is 1. The highest BCUT2D eigenvalue weighted by Gasteiger charge is 2.12. The molecule has 1 heterocycles. The molecule has 1 aliphatic heterocycles. The van der Waals surface area contributed by atoms with Crippen LogP contribution in [-0.2, 0) is 17.7 Å². The van der Waals surface area contributed by atoms with Crippen LogP contribution in [-0.4, -0.2) is 37.2 Å². The summed E-state index contributed by atoms with van der Waals surface area (Å²) in [6, 6.07) is 6.47. The van der Waals surface area contributed by atoms with Gasteiger partial charge in [-0.1, -0.05) is 23.7 Å². The first-order chi connectivity index (χ1) is 8.65. The van der Waals surface area contributed by atoms with E-state index in [4.69, 9.17) is 22.1 Å². The Bertz CT molecular complexity index is 389. The van der Waals surface area contributed by atoms with Gasteiger partial charge in [-0.15, -0.1) is 0 Å². The lowest BCUT2D eigenvalue weighted by Gasteiger charge is -2.27. The van der Waals surface area contributed by atoms with E-state index < -0.39 is 0 Å². The number of nitrogens with zero attached hydrogens (tertiary/aromatic N) is 1. The van der Waals surface area contributed by atoms with E-state index in [0.29, 0.717) is 0 Å². The maximum absolute atomic E-state index is 6.33. The van der Waals surface area contributed by atoms with E-state index in [1.807, 2.05) is 13.0 Å². The summed E-state index contributed by atoms with van der Waals surface area (Å²) >= 11 is 6.33. The molecule has 1 atom stereocenters. The maximum atomic E-state index is 6.33. The zero-order chi connectivity index (χ0) is 13.0. The number of benzene rings is 1. The van der Waals surface area contributed by atoms with Crippen molar-refractivity contribution in [3.63, 3.8) is 0 Å². The van der Waals surface area contributed by atoms with Gasteiger partial charge < -0.3 is 10.5 Å². The minimum atomic E-state index is 0.172. The molecule has 2 N–H and O–H groups in total. The van der Waals surface area contributed by atoms with E-state index in [0.717, 1.165) is 44.3 Å². The van der Waals surface area contributed by atoms with Gasteiger partial charge >= 0.3 is 0 Å². The SMILES string of the molecule is CC(N)Cc1ccc(CN2CCOCC2)c(Cl)c1. The minimum Gasteiger partial charge on any atom is -0.379 e. The molecule has 1 aromatic rings. The van der Waals surface area contributed by atoms with Crippen molar-refractivity contribution in [2.24, 2.45) is 5.73 Å². The third-order valence-corrected chi connectivity index (χ3v) is 3.52. The lowest BCUT2D eigenvalue weighted by molar-refractivity contribution is 0.0342. The van der Waals surface area contributed by atoms with Crippen LogP contribution in [0.5, 0.6) is 0 Å². The van der Waals surface area contributed by atoms with Gasteiger partial charge in [-0.3, -0.25) is 4.90 Å². The molecule has 1 saturated heterocycles. The molecule has 3 nitrogen and oxygen atoms in total. The summed E-state index contributed by atoms with van der Waals surface area (Å²) < 4.78 is 5.34. The first-order valence-corrected chi connectivity index (χ1v) is 6.86. The van der Waals surface area contributed by atoms with E-state index in [-0.39, 0.29) is 6.04 Å². The Hall–Kier alpha value is -0.610. The molecule has 1 unspecified atom stereocenters. The summed E-state index contributed by atoms with van der Waals surface area (Å²) in [4.78, 5) is 2.37. The van der Waals surface area contributed by atoms with Gasteiger partial charge in [0.25, 0.3) is 0 Å². The highest BCUT2D eigenvalue weighted by molar-refractivity contribution is 6.31. The first-order valence-electron chi connectivity index (χ1n) is 6.48. The van der Waals surface area contributed by atoms with Gasteiger partial charge in [0, 0.05) is 30.7 Å². The highest BCUT2D eigenvalue weighted by Crippen LogP contribution is 2.20. The van der Waals surface area contributed by atoms with Crippen molar-refractivity contribution >= 4 is 11.6 Å². The van der Waals surface area contributed by atoms with Crippen LogP contribution >= 0.6 is 11.6 Å². The van der Waals surface area contributed by atoms with Crippen molar-refractivity contribution in [3.05, 3.63) is 34.3 Å². The fourth-order valence-electron chi connectivity index (χ4n) is 2.22. The smallest absolute Gasteiger partial charge is 0.0594 e. The number of ether oxygens (including phenoxy) is 1. The molecule has 1 aromatic carbocycles. The normalized spacial score (nSPS) is 18.8. The van der Waals surface area contributed by atoms with Crippen molar-refractivity contribution in [3.8, 4) is 0 Å². The van der Waals surface area contributed by atoms with Crippen LogP contribution in [0.1, 0.15) is 18.1 Å². The van der Waals surface area contributed by atoms with E-state index in [2.05, 4.69) is 17.0 Å². The van der Waals surface area contributed by atoms with Crippen LogP contribution in [0.4, 0.5) is 0 Å². The summed E-state index contributed by atoms with van der Waals surface area (Å²) in [5, 5.41) is 0.847. The Morgan fingerprint density at radius 3 is 2.72 bits per heavy atom. The van der Waals surface area contributed by atoms with Crippen molar-refractivity contribution in [2.75, 3.05) is 26.3 Å². The molecule has 0 saturated carbocycles. The standard InChI is InChI=1S/C14H21ClN2O/c1-11(16)8-12-2-3-13(14(15)9-12)10-17-4-6-18-7-5-17/h2-3,9,11H,4-8,10,16H2,1H3. The van der Waals surface area contributed by atoms with Crippen molar-refractivity contribution in [1.29, 1.82) is 0 Å². The Morgan fingerprint density at radius 2 is 2.11 bits per heavy atom. The summed E-state index contributed by atoms with van der Waals surface area (Å²) in [7, 11) is 0. The maximum Gasteiger partial charge on any atom is 0.0594 e. The summed E-state index contributed by atoms with van der Waals surface area (Å²) in [5.74, 6) is 0. The molecule has 18 heavy (non-hydrogen) atoms. The zero-order valence-electron chi connectivity index (χ0n) is 10.9. The molecular weight excluding hydrogens is 248 g/mol. The van der Waals surface area contributed by atoms with Gasteiger partial charge in [-0.25, -0.2) is 0 Å². The molecule has 1 aliphatic rings. The Kier molecular flexibility index (Phi) is 5.01. The topological polar surface area (TPSA) is 38.5 Å². The predicted octanol–water partition coefficient (Wildman–Crippen LogP) is 2.06. The lowest BCUT2D eigenvalue weighted by atomic mass is 10.1. The molecule has 0 radical (unpaired) electrons. The molecule has 0 spiro atoms. The van der Waals surface area contributed by atoms with Gasteiger partial charge in [-0.05, 0) is 30.5 Å². The zero-order valence-corrected chi connectivity index (χ0v) is 11.6. The van der Waals surface area contributed by atoms with Crippen LogP contribution in [0.15, 0.2) is 18.2 Å². The fourth-order valence-corrected chi connectivity index (χ4v) is 2.48.